The number of amides is 2. The van der Waals surface area contributed by atoms with Crippen LogP contribution in [0.1, 0.15) is 30.9 Å². The number of rotatable bonds is 6. The fourth-order valence-electron chi connectivity index (χ4n) is 3.20. The van der Waals surface area contributed by atoms with Crippen molar-refractivity contribution in [1.29, 1.82) is 0 Å². The molecule has 2 aromatic carbocycles. The molecule has 1 heterocycles. The van der Waals surface area contributed by atoms with Crippen LogP contribution in [-0.2, 0) is 16.0 Å². The highest BCUT2D eigenvalue weighted by atomic mass is 16.5. The Bertz CT molecular complexity index is 799. The van der Waals surface area contributed by atoms with E-state index in [2.05, 4.69) is 5.32 Å². The molecule has 3 rings (SSSR count). The van der Waals surface area contributed by atoms with Gasteiger partial charge in [-0.05, 0) is 61.7 Å². The number of nitrogens with zero attached hydrogens (tertiary/aromatic N) is 1. The summed E-state index contributed by atoms with van der Waals surface area (Å²) in [5.74, 6) is 0.901. The van der Waals surface area contributed by atoms with Crippen LogP contribution in [0.4, 0.5) is 11.4 Å². The fraction of sp³-hybridized carbons (Fsp3) is 0.333. The van der Waals surface area contributed by atoms with Crippen LogP contribution in [0, 0.1) is 6.92 Å². The van der Waals surface area contributed by atoms with Gasteiger partial charge in [0.05, 0.1) is 13.0 Å². The summed E-state index contributed by atoms with van der Waals surface area (Å²) in [5, 5.41) is 2.93. The molecule has 1 aliphatic rings. The van der Waals surface area contributed by atoms with Crippen molar-refractivity contribution < 1.29 is 14.3 Å². The number of hydrogen-bond donors (Lipinski definition) is 1. The molecule has 26 heavy (non-hydrogen) atoms. The van der Waals surface area contributed by atoms with Crippen molar-refractivity contribution in [3.05, 3.63) is 53.6 Å². The van der Waals surface area contributed by atoms with Crippen molar-refractivity contribution in [1.82, 2.24) is 0 Å². The van der Waals surface area contributed by atoms with E-state index in [4.69, 9.17) is 4.74 Å². The normalized spacial score (nSPS) is 13.8. The minimum atomic E-state index is -0.0708. The van der Waals surface area contributed by atoms with Gasteiger partial charge < -0.3 is 15.0 Å². The second-order valence-electron chi connectivity index (χ2n) is 6.45. The first-order valence-electron chi connectivity index (χ1n) is 8.99. The average molecular weight is 352 g/mol. The van der Waals surface area contributed by atoms with E-state index in [1.807, 2.05) is 61.2 Å². The van der Waals surface area contributed by atoms with Gasteiger partial charge in [0.15, 0.2) is 0 Å². The third kappa shape index (κ3) is 4.23. The lowest BCUT2D eigenvalue weighted by Crippen LogP contribution is -2.24. The second kappa shape index (κ2) is 8.04. The number of carbonyl (C=O) groups is 2. The number of hydrogen-bond acceptors (Lipinski definition) is 3. The van der Waals surface area contributed by atoms with Gasteiger partial charge in [0.25, 0.3) is 0 Å². The van der Waals surface area contributed by atoms with E-state index in [-0.39, 0.29) is 11.8 Å². The Hall–Kier alpha value is -2.82. The molecule has 0 bridgehead atoms. The van der Waals surface area contributed by atoms with Crippen LogP contribution in [0.5, 0.6) is 5.75 Å². The van der Waals surface area contributed by atoms with E-state index in [1.165, 1.54) is 0 Å². The number of ether oxygens (including phenoxy) is 1. The first-order valence-corrected chi connectivity index (χ1v) is 8.99. The topological polar surface area (TPSA) is 58.6 Å². The summed E-state index contributed by atoms with van der Waals surface area (Å²) in [5.41, 5.74) is 3.59. The van der Waals surface area contributed by atoms with Gasteiger partial charge in [-0.15, -0.1) is 0 Å². The zero-order valence-corrected chi connectivity index (χ0v) is 15.2. The maximum Gasteiger partial charge on any atom is 0.228 e. The van der Waals surface area contributed by atoms with Crippen LogP contribution in [-0.4, -0.2) is 25.0 Å². The molecule has 0 saturated carbocycles. The highest BCUT2D eigenvalue weighted by Gasteiger charge is 2.23. The second-order valence-corrected chi connectivity index (χ2v) is 6.45. The van der Waals surface area contributed by atoms with E-state index in [1.54, 1.807) is 0 Å². The smallest absolute Gasteiger partial charge is 0.228 e. The molecule has 0 unspecified atom stereocenters. The fourth-order valence-corrected chi connectivity index (χ4v) is 3.20. The highest BCUT2D eigenvalue weighted by molar-refractivity contribution is 5.97. The molecule has 0 aliphatic carbocycles. The third-order valence-electron chi connectivity index (χ3n) is 4.44. The van der Waals surface area contributed by atoms with Crippen molar-refractivity contribution in [2.75, 3.05) is 23.4 Å². The zero-order valence-electron chi connectivity index (χ0n) is 15.2. The van der Waals surface area contributed by atoms with Crippen LogP contribution < -0.4 is 15.0 Å². The molecule has 136 valence electrons. The van der Waals surface area contributed by atoms with Crippen molar-refractivity contribution in [3.63, 3.8) is 0 Å². The lowest BCUT2D eigenvalue weighted by molar-refractivity contribution is -0.117. The number of anilines is 2. The van der Waals surface area contributed by atoms with Crippen LogP contribution in [0.25, 0.3) is 0 Å². The third-order valence-corrected chi connectivity index (χ3v) is 4.44. The first kappa shape index (κ1) is 18.0. The quantitative estimate of drug-likeness (QED) is 0.862. The number of nitrogens with one attached hydrogen (secondary N) is 1. The number of carbonyl (C=O) groups excluding carboxylic acids is 2. The Kier molecular flexibility index (Phi) is 5.56. The van der Waals surface area contributed by atoms with Gasteiger partial charge in [-0.2, -0.15) is 0 Å². The predicted octanol–water partition coefficient (Wildman–Crippen LogP) is 3.70. The SMILES string of the molecule is CCOc1ccc(CC(=O)Nc2ccc(N3CCCC3=O)c(C)c2)cc1. The molecule has 5 heteroatoms. The van der Waals surface area contributed by atoms with E-state index in [9.17, 15) is 9.59 Å². The molecule has 1 saturated heterocycles. The Morgan fingerprint density at radius 1 is 1.19 bits per heavy atom. The Morgan fingerprint density at radius 2 is 1.96 bits per heavy atom. The summed E-state index contributed by atoms with van der Waals surface area (Å²) in [6.45, 7) is 5.29. The lowest BCUT2D eigenvalue weighted by Gasteiger charge is -2.19. The van der Waals surface area contributed by atoms with Gasteiger partial charge in [-0.25, -0.2) is 0 Å². The van der Waals surface area contributed by atoms with E-state index in [0.29, 0.717) is 19.4 Å². The summed E-state index contributed by atoms with van der Waals surface area (Å²) in [6, 6.07) is 13.2. The minimum Gasteiger partial charge on any atom is -0.494 e. The van der Waals surface area contributed by atoms with Crippen LogP contribution in [0.15, 0.2) is 42.5 Å². The summed E-state index contributed by atoms with van der Waals surface area (Å²) in [4.78, 5) is 26.0. The number of aryl methyl sites for hydroxylation is 1. The van der Waals surface area contributed by atoms with Gasteiger partial charge >= 0.3 is 0 Å². The molecule has 1 N–H and O–H groups in total. The maximum atomic E-state index is 12.3. The molecular formula is C21H24N2O3. The Balaban J connectivity index is 1.62. The van der Waals surface area contributed by atoms with E-state index < -0.39 is 0 Å². The minimum absolute atomic E-state index is 0.0708. The van der Waals surface area contributed by atoms with Crippen molar-refractivity contribution in [3.8, 4) is 5.75 Å². The summed E-state index contributed by atoms with van der Waals surface area (Å²) >= 11 is 0. The number of benzene rings is 2. The monoisotopic (exact) mass is 352 g/mol. The molecule has 5 nitrogen and oxygen atoms in total. The van der Waals surface area contributed by atoms with Crippen molar-refractivity contribution in [2.45, 2.75) is 33.1 Å². The summed E-state index contributed by atoms with van der Waals surface area (Å²) in [7, 11) is 0. The predicted molar refractivity (Wildman–Crippen MR) is 103 cm³/mol. The average Bonchev–Trinajstić information content (AvgIpc) is 3.03. The molecule has 1 fully saturated rings. The van der Waals surface area contributed by atoms with Crippen LogP contribution in [0.2, 0.25) is 0 Å². The molecule has 0 radical (unpaired) electrons. The maximum absolute atomic E-state index is 12.3. The molecule has 0 atom stereocenters. The molecular weight excluding hydrogens is 328 g/mol. The van der Waals surface area contributed by atoms with E-state index in [0.717, 1.165) is 41.2 Å². The van der Waals surface area contributed by atoms with Gasteiger partial charge in [-0.1, -0.05) is 12.1 Å². The van der Waals surface area contributed by atoms with Crippen LogP contribution >= 0.6 is 0 Å². The Labute approximate surface area is 154 Å². The van der Waals surface area contributed by atoms with Gasteiger partial charge in [0.2, 0.25) is 11.8 Å². The zero-order chi connectivity index (χ0) is 18.5. The molecule has 1 aliphatic heterocycles. The van der Waals surface area contributed by atoms with Gasteiger partial charge in [-0.3, -0.25) is 9.59 Å². The van der Waals surface area contributed by atoms with Crippen LogP contribution in [0.3, 0.4) is 0 Å². The molecule has 0 aromatic heterocycles. The summed E-state index contributed by atoms with van der Waals surface area (Å²) < 4.78 is 5.41. The van der Waals surface area contributed by atoms with Gasteiger partial charge in [0, 0.05) is 24.3 Å². The van der Waals surface area contributed by atoms with E-state index >= 15 is 0 Å². The standard InChI is InChI=1S/C21H24N2O3/c1-3-26-18-9-6-16(7-10-18)14-20(24)22-17-8-11-19(15(2)13-17)23-12-4-5-21(23)25/h6-11,13H,3-5,12,14H2,1-2H3,(H,22,24). The molecule has 0 spiro atoms. The Morgan fingerprint density at radius 3 is 2.58 bits per heavy atom. The molecule has 2 aromatic rings. The molecule has 2 amide bonds. The largest absolute Gasteiger partial charge is 0.494 e. The summed E-state index contributed by atoms with van der Waals surface area (Å²) in [6.07, 6.45) is 1.82. The first-order chi connectivity index (χ1) is 12.6. The highest BCUT2D eigenvalue weighted by Crippen LogP contribution is 2.27. The lowest BCUT2D eigenvalue weighted by atomic mass is 10.1. The van der Waals surface area contributed by atoms with Crippen molar-refractivity contribution >= 4 is 23.2 Å². The van der Waals surface area contributed by atoms with Gasteiger partial charge in [0.1, 0.15) is 5.75 Å². The van der Waals surface area contributed by atoms with Crippen molar-refractivity contribution in [2.24, 2.45) is 0 Å².